The van der Waals surface area contributed by atoms with E-state index >= 15 is 0 Å². The molecule has 9 aromatic rings. The lowest BCUT2D eigenvalue weighted by molar-refractivity contribution is 0.563. The summed E-state index contributed by atoms with van der Waals surface area (Å²) in [6.07, 6.45) is 2.94. The summed E-state index contributed by atoms with van der Waals surface area (Å²) in [6.45, 7) is 7.06. The van der Waals surface area contributed by atoms with Crippen LogP contribution >= 0.6 is 0 Å². The lowest BCUT2D eigenvalue weighted by atomic mass is 9.55. The molecule has 0 bridgehead atoms. The number of hydrogen-bond donors (Lipinski definition) is 1. The molecule has 0 amide bonds. The number of allylic oxidation sites excluding steroid dienone is 1. The van der Waals surface area contributed by atoms with Gasteiger partial charge < -0.3 is 5.73 Å². The van der Waals surface area contributed by atoms with Gasteiger partial charge in [-0.15, -0.1) is 0 Å². The van der Waals surface area contributed by atoms with E-state index in [1.165, 1.54) is 88.3 Å². The molecule has 0 unspecified atom stereocenters. The van der Waals surface area contributed by atoms with Gasteiger partial charge in [-0.05, 0) is 119 Å². The maximum absolute atomic E-state index is 6.00. The first-order valence-corrected chi connectivity index (χ1v) is 20.8. The Bertz CT molecular complexity index is 3010. The monoisotopic (exact) mass is 757 g/mol. The maximum atomic E-state index is 6.00. The molecule has 0 saturated heterocycles. The van der Waals surface area contributed by atoms with Crippen molar-refractivity contribution in [3.05, 3.63) is 256 Å². The molecule has 284 valence electrons. The average molecular weight is 758 g/mol. The summed E-state index contributed by atoms with van der Waals surface area (Å²) < 4.78 is 0. The molecule has 11 rings (SSSR count). The summed E-state index contributed by atoms with van der Waals surface area (Å²) in [4.78, 5) is 0. The van der Waals surface area contributed by atoms with Gasteiger partial charge in [-0.3, -0.25) is 0 Å². The highest BCUT2D eigenvalue weighted by atomic mass is 14.6. The minimum atomic E-state index is -0.358. The van der Waals surface area contributed by atoms with E-state index in [9.17, 15) is 0 Å². The first-order valence-electron chi connectivity index (χ1n) is 20.8. The second-order valence-electron chi connectivity index (χ2n) is 16.6. The standard InChI is InChI=1S/C43H32.C15H15N/c1-27-13-12-22-40-41(27)34-26-29(33-25-28-14-4-5-15-30(28)31-16-6-7-17-32(31)33)23-24-35(34)43(40)38-20-10-8-18-36(38)42(2,3)37-19-9-11-21-39(37)43;16-15(14-9-5-2-6-10-14)12-11-13-7-3-1-4-8-13/h4-26H,1-3H3;1-10,12H,11,16H2/b;15-12-. The molecule has 0 aliphatic heterocycles. The van der Waals surface area contributed by atoms with Crippen molar-refractivity contribution in [3.63, 3.8) is 0 Å². The number of nitrogens with two attached hydrogens (primary N) is 1. The zero-order valence-electron chi connectivity index (χ0n) is 33.9. The van der Waals surface area contributed by atoms with Crippen molar-refractivity contribution in [1.82, 2.24) is 0 Å². The molecule has 1 spiro atoms. The Balaban J connectivity index is 0.000000221. The first-order chi connectivity index (χ1) is 28.9. The van der Waals surface area contributed by atoms with Crippen LogP contribution in [0.1, 0.15) is 63.9 Å². The van der Waals surface area contributed by atoms with Gasteiger partial charge in [0.15, 0.2) is 0 Å². The van der Waals surface area contributed by atoms with Gasteiger partial charge in [-0.1, -0.05) is 208 Å². The molecule has 9 aromatic carbocycles. The zero-order chi connectivity index (χ0) is 40.1. The van der Waals surface area contributed by atoms with E-state index < -0.39 is 0 Å². The van der Waals surface area contributed by atoms with E-state index in [1.54, 1.807) is 0 Å². The van der Waals surface area contributed by atoms with Crippen molar-refractivity contribution in [2.75, 3.05) is 0 Å². The highest BCUT2D eigenvalue weighted by Gasteiger charge is 2.53. The Morgan fingerprint density at radius 1 is 0.475 bits per heavy atom. The van der Waals surface area contributed by atoms with Crippen molar-refractivity contribution >= 4 is 27.2 Å². The largest absolute Gasteiger partial charge is 0.398 e. The van der Waals surface area contributed by atoms with Crippen LogP contribution in [0.4, 0.5) is 0 Å². The topological polar surface area (TPSA) is 26.0 Å². The second-order valence-corrected chi connectivity index (χ2v) is 16.6. The first kappa shape index (κ1) is 36.4. The van der Waals surface area contributed by atoms with Gasteiger partial charge >= 0.3 is 0 Å². The zero-order valence-corrected chi connectivity index (χ0v) is 33.9. The van der Waals surface area contributed by atoms with Gasteiger partial charge in [-0.25, -0.2) is 0 Å². The molecule has 0 saturated carbocycles. The normalized spacial score (nSPS) is 14.2. The molecule has 0 heterocycles. The van der Waals surface area contributed by atoms with Crippen LogP contribution in [0.15, 0.2) is 206 Å². The Kier molecular flexibility index (Phi) is 8.91. The molecule has 1 nitrogen and oxygen atoms in total. The van der Waals surface area contributed by atoms with Gasteiger partial charge in [0.1, 0.15) is 0 Å². The van der Waals surface area contributed by atoms with Crippen LogP contribution in [-0.4, -0.2) is 0 Å². The van der Waals surface area contributed by atoms with Gasteiger partial charge in [0.05, 0.1) is 5.41 Å². The molecule has 0 atom stereocenters. The predicted molar refractivity (Wildman–Crippen MR) is 250 cm³/mol. The third kappa shape index (κ3) is 5.83. The number of aryl methyl sites for hydroxylation is 1. The molecule has 59 heavy (non-hydrogen) atoms. The van der Waals surface area contributed by atoms with E-state index in [-0.39, 0.29) is 10.8 Å². The highest BCUT2D eigenvalue weighted by Crippen LogP contribution is 2.63. The average Bonchev–Trinajstić information content (AvgIpc) is 3.59. The Hall–Kier alpha value is -6.96. The summed E-state index contributed by atoms with van der Waals surface area (Å²) in [6, 6.07) is 73.0. The van der Waals surface area contributed by atoms with Crippen molar-refractivity contribution in [2.24, 2.45) is 5.73 Å². The number of fused-ring (bicyclic) bond motifs is 12. The Morgan fingerprint density at radius 2 is 1.03 bits per heavy atom. The van der Waals surface area contributed by atoms with E-state index in [4.69, 9.17) is 5.73 Å². The van der Waals surface area contributed by atoms with Gasteiger partial charge in [0.2, 0.25) is 0 Å². The lowest BCUT2D eigenvalue weighted by Gasteiger charge is -2.46. The van der Waals surface area contributed by atoms with Crippen molar-refractivity contribution in [2.45, 2.75) is 38.0 Å². The van der Waals surface area contributed by atoms with Crippen LogP contribution < -0.4 is 5.73 Å². The van der Waals surface area contributed by atoms with Crippen LogP contribution in [0, 0.1) is 6.92 Å². The van der Waals surface area contributed by atoms with Crippen molar-refractivity contribution in [1.29, 1.82) is 0 Å². The van der Waals surface area contributed by atoms with Gasteiger partial charge in [0, 0.05) is 11.1 Å². The highest BCUT2D eigenvalue weighted by molar-refractivity contribution is 6.14. The third-order valence-corrected chi connectivity index (χ3v) is 13.0. The van der Waals surface area contributed by atoms with E-state index in [0.717, 1.165) is 17.7 Å². The summed E-state index contributed by atoms with van der Waals surface area (Å²) in [5.41, 5.74) is 23.8. The van der Waals surface area contributed by atoms with Crippen LogP contribution in [0.3, 0.4) is 0 Å². The van der Waals surface area contributed by atoms with E-state index in [0.29, 0.717) is 0 Å². The van der Waals surface area contributed by atoms with E-state index in [2.05, 4.69) is 179 Å². The molecular formula is C58H47N. The van der Waals surface area contributed by atoms with Crippen molar-refractivity contribution < 1.29 is 0 Å². The van der Waals surface area contributed by atoms with Crippen LogP contribution in [-0.2, 0) is 17.3 Å². The minimum absolute atomic E-state index is 0.0882. The number of benzene rings is 9. The van der Waals surface area contributed by atoms with Crippen LogP contribution in [0.25, 0.3) is 49.5 Å². The predicted octanol–water partition coefficient (Wildman–Crippen LogP) is 14.2. The fourth-order valence-electron chi connectivity index (χ4n) is 10.2. The molecule has 0 radical (unpaired) electrons. The Labute approximate surface area is 348 Å². The molecular weight excluding hydrogens is 711 g/mol. The van der Waals surface area contributed by atoms with Gasteiger partial charge in [0.25, 0.3) is 0 Å². The van der Waals surface area contributed by atoms with Gasteiger partial charge in [-0.2, -0.15) is 0 Å². The molecule has 2 aliphatic carbocycles. The smallest absolute Gasteiger partial charge is 0.0719 e. The SMILES string of the molecule is Cc1cccc2c1-c1cc(-c3cc4ccccc4c4ccccc34)ccc1C21c2ccccc2C(C)(C)c2ccccc21.N/C(=C\Cc1ccccc1)c1ccccc1. The molecule has 2 N–H and O–H groups in total. The van der Waals surface area contributed by atoms with Crippen molar-refractivity contribution in [3.8, 4) is 22.3 Å². The fraction of sp³-hybridized carbons (Fsp3) is 0.103. The Morgan fingerprint density at radius 3 is 1.73 bits per heavy atom. The number of hydrogen-bond acceptors (Lipinski definition) is 1. The lowest BCUT2D eigenvalue weighted by Crippen LogP contribution is -2.40. The van der Waals surface area contributed by atoms with Crippen LogP contribution in [0.2, 0.25) is 0 Å². The summed E-state index contributed by atoms with van der Waals surface area (Å²) in [7, 11) is 0. The fourth-order valence-corrected chi connectivity index (χ4v) is 10.2. The molecule has 2 aliphatic rings. The minimum Gasteiger partial charge on any atom is -0.398 e. The molecule has 1 heteroatoms. The summed E-state index contributed by atoms with van der Waals surface area (Å²) in [5, 5.41) is 5.19. The summed E-state index contributed by atoms with van der Waals surface area (Å²) >= 11 is 0. The molecule has 0 aromatic heterocycles. The van der Waals surface area contributed by atoms with E-state index in [1.807, 2.05) is 48.5 Å². The number of rotatable bonds is 4. The maximum Gasteiger partial charge on any atom is 0.0719 e. The second kappa shape index (κ2) is 14.5. The quantitative estimate of drug-likeness (QED) is 0.178. The third-order valence-electron chi connectivity index (χ3n) is 13.0. The molecule has 0 fully saturated rings. The van der Waals surface area contributed by atoms with Crippen LogP contribution in [0.5, 0.6) is 0 Å². The summed E-state index contributed by atoms with van der Waals surface area (Å²) in [5.74, 6) is 0.